The lowest BCUT2D eigenvalue weighted by Gasteiger charge is -2.12. The molecule has 1 aromatic heterocycles. The molecule has 1 aromatic rings. The van der Waals surface area contributed by atoms with Gasteiger partial charge in [0.2, 0.25) is 5.91 Å². The Morgan fingerprint density at radius 3 is 2.78 bits per heavy atom. The van der Waals surface area contributed by atoms with Gasteiger partial charge in [-0.1, -0.05) is 0 Å². The van der Waals surface area contributed by atoms with Crippen molar-refractivity contribution in [2.24, 2.45) is 0 Å². The highest BCUT2D eigenvalue weighted by molar-refractivity contribution is 5.91. The third kappa shape index (κ3) is 5.11. The predicted molar refractivity (Wildman–Crippen MR) is 71.9 cm³/mol. The van der Waals surface area contributed by atoms with Gasteiger partial charge in [0.25, 0.3) is 0 Å². The van der Waals surface area contributed by atoms with E-state index in [1.165, 1.54) is 0 Å². The molecule has 18 heavy (non-hydrogen) atoms. The molecule has 0 aromatic carbocycles. The van der Waals surface area contributed by atoms with Gasteiger partial charge < -0.3 is 20.3 Å². The van der Waals surface area contributed by atoms with Gasteiger partial charge in [-0.2, -0.15) is 0 Å². The van der Waals surface area contributed by atoms with Crippen molar-refractivity contribution in [1.29, 1.82) is 0 Å². The standard InChI is InChI=1S/C12H20N4O2/c1-16(2)10-4-5-11(14-8-10)15-12(17)9-13-6-7-18-3/h4-5,8,13H,6-7,9H2,1-3H3,(H,14,15,17). The van der Waals surface area contributed by atoms with Crippen LogP contribution < -0.4 is 15.5 Å². The SMILES string of the molecule is COCCNCC(=O)Nc1ccc(N(C)C)cn1. The molecule has 0 saturated carbocycles. The number of hydrogen-bond acceptors (Lipinski definition) is 5. The van der Waals surface area contributed by atoms with Gasteiger partial charge in [0.1, 0.15) is 5.82 Å². The van der Waals surface area contributed by atoms with Gasteiger partial charge in [-0.15, -0.1) is 0 Å². The number of hydrogen-bond donors (Lipinski definition) is 2. The number of methoxy groups -OCH3 is 1. The number of nitrogens with zero attached hydrogens (tertiary/aromatic N) is 2. The van der Waals surface area contributed by atoms with Crippen LogP contribution in [0.3, 0.4) is 0 Å². The van der Waals surface area contributed by atoms with E-state index in [0.29, 0.717) is 19.0 Å². The third-order valence-corrected chi connectivity index (χ3v) is 2.30. The van der Waals surface area contributed by atoms with Crippen molar-refractivity contribution >= 4 is 17.4 Å². The molecule has 1 amide bonds. The van der Waals surface area contributed by atoms with Crippen molar-refractivity contribution in [3.63, 3.8) is 0 Å². The maximum absolute atomic E-state index is 11.5. The molecule has 0 aliphatic heterocycles. The average Bonchev–Trinajstić information content (AvgIpc) is 2.35. The second-order valence-corrected chi connectivity index (χ2v) is 4.01. The Bertz CT molecular complexity index is 365. The maximum atomic E-state index is 11.5. The van der Waals surface area contributed by atoms with E-state index in [1.54, 1.807) is 19.4 Å². The fraction of sp³-hybridized carbons (Fsp3) is 0.500. The van der Waals surface area contributed by atoms with Crippen LogP contribution in [0.2, 0.25) is 0 Å². The molecular weight excluding hydrogens is 232 g/mol. The molecule has 1 heterocycles. The monoisotopic (exact) mass is 252 g/mol. The minimum Gasteiger partial charge on any atom is -0.383 e. The lowest BCUT2D eigenvalue weighted by atomic mass is 10.4. The second kappa shape index (κ2) is 7.62. The topological polar surface area (TPSA) is 66.5 Å². The number of anilines is 2. The van der Waals surface area contributed by atoms with Gasteiger partial charge in [0.15, 0.2) is 0 Å². The number of amides is 1. The number of nitrogens with one attached hydrogen (secondary N) is 2. The molecule has 0 atom stereocenters. The van der Waals surface area contributed by atoms with Crippen LogP contribution in [0.5, 0.6) is 0 Å². The Balaban J connectivity index is 2.35. The van der Waals surface area contributed by atoms with Crippen LogP contribution in [0, 0.1) is 0 Å². The van der Waals surface area contributed by atoms with Crippen LogP contribution in [0.15, 0.2) is 18.3 Å². The fourth-order valence-electron chi connectivity index (χ4n) is 1.29. The van der Waals surface area contributed by atoms with Crippen LogP contribution in [-0.4, -0.2) is 51.8 Å². The van der Waals surface area contributed by atoms with Crippen molar-refractivity contribution in [3.05, 3.63) is 18.3 Å². The smallest absolute Gasteiger partial charge is 0.239 e. The summed E-state index contributed by atoms with van der Waals surface area (Å²) in [7, 11) is 5.50. The van der Waals surface area contributed by atoms with Gasteiger partial charge in [-0.05, 0) is 12.1 Å². The summed E-state index contributed by atoms with van der Waals surface area (Å²) in [6.07, 6.45) is 1.72. The maximum Gasteiger partial charge on any atom is 0.239 e. The molecule has 1 rings (SSSR count). The molecule has 0 aliphatic carbocycles. The zero-order chi connectivity index (χ0) is 13.4. The highest BCUT2D eigenvalue weighted by Gasteiger charge is 2.03. The first-order chi connectivity index (χ1) is 8.63. The summed E-state index contributed by atoms with van der Waals surface area (Å²) in [5.41, 5.74) is 0.992. The average molecular weight is 252 g/mol. The van der Waals surface area contributed by atoms with E-state index in [1.807, 2.05) is 25.1 Å². The Labute approximate surface area is 107 Å². The van der Waals surface area contributed by atoms with Crippen LogP contribution in [0.1, 0.15) is 0 Å². The molecule has 0 spiro atoms. The van der Waals surface area contributed by atoms with Crippen molar-refractivity contribution in [2.75, 3.05) is 51.1 Å². The first kappa shape index (κ1) is 14.4. The minimum atomic E-state index is -0.115. The van der Waals surface area contributed by atoms with Crippen molar-refractivity contribution in [2.45, 2.75) is 0 Å². The number of ether oxygens (including phenoxy) is 1. The number of pyridine rings is 1. The number of rotatable bonds is 7. The summed E-state index contributed by atoms with van der Waals surface area (Å²) in [5.74, 6) is 0.440. The third-order valence-electron chi connectivity index (χ3n) is 2.30. The van der Waals surface area contributed by atoms with E-state index in [2.05, 4.69) is 15.6 Å². The Morgan fingerprint density at radius 1 is 1.44 bits per heavy atom. The van der Waals surface area contributed by atoms with Crippen molar-refractivity contribution in [3.8, 4) is 0 Å². The van der Waals surface area contributed by atoms with Gasteiger partial charge in [0, 0.05) is 27.7 Å². The van der Waals surface area contributed by atoms with Crippen LogP contribution in [0.25, 0.3) is 0 Å². The molecule has 2 N–H and O–H groups in total. The zero-order valence-corrected chi connectivity index (χ0v) is 11.1. The molecule has 0 unspecified atom stereocenters. The summed E-state index contributed by atoms with van der Waals surface area (Å²) >= 11 is 0. The number of carbonyl (C=O) groups excluding carboxylic acids is 1. The largest absolute Gasteiger partial charge is 0.383 e. The van der Waals surface area contributed by atoms with Gasteiger partial charge >= 0.3 is 0 Å². The first-order valence-corrected chi connectivity index (χ1v) is 5.76. The molecule has 100 valence electrons. The summed E-state index contributed by atoms with van der Waals surface area (Å²) in [4.78, 5) is 17.6. The molecule has 0 fully saturated rings. The molecule has 0 saturated heterocycles. The lowest BCUT2D eigenvalue weighted by Crippen LogP contribution is -2.30. The van der Waals surface area contributed by atoms with E-state index in [0.717, 1.165) is 5.69 Å². The summed E-state index contributed by atoms with van der Waals surface area (Å²) in [5, 5.41) is 5.68. The highest BCUT2D eigenvalue weighted by Crippen LogP contribution is 2.11. The van der Waals surface area contributed by atoms with E-state index in [4.69, 9.17) is 4.74 Å². The first-order valence-electron chi connectivity index (χ1n) is 5.76. The van der Waals surface area contributed by atoms with Crippen LogP contribution in [-0.2, 0) is 9.53 Å². The van der Waals surface area contributed by atoms with Gasteiger partial charge in [-0.25, -0.2) is 4.98 Å². The minimum absolute atomic E-state index is 0.115. The number of aromatic nitrogens is 1. The Kier molecular flexibility index (Phi) is 6.10. The summed E-state index contributed by atoms with van der Waals surface area (Å²) in [6.45, 7) is 1.49. The quantitative estimate of drug-likeness (QED) is 0.684. The zero-order valence-electron chi connectivity index (χ0n) is 11.1. The van der Waals surface area contributed by atoms with Crippen LogP contribution >= 0.6 is 0 Å². The Morgan fingerprint density at radius 2 is 2.22 bits per heavy atom. The fourth-order valence-corrected chi connectivity index (χ4v) is 1.29. The molecular formula is C12H20N4O2. The van der Waals surface area contributed by atoms with E-state index >= 15 is 0 Å². The summed E-state index contributed by atoms with van der Waals surface area (Å²) in [6, 6.07) is 3.68. The number of carbonyl (C=O) groups is 1. The van der Waals surface area contributed by atoms with E-state index < -0.39 is 0 Å². The molecule has 0 aliphatic rings. The van der Waals surface area contributed by atoms with Crippen molar-refractivity contribution in [1.82, 2.24) is 10.3 Å². The van der Waals surface area contributed by atoms with Crippen LogP contribution in [0.4, 0.5) is 11.5 Å². The second-order valence-electron chi connectivity index (χ2n) is 4.01. The lowest BCUT2D eigenvalue weighted by molar-refractivity contribution is -0.115. The van der Waals surface area contributed by atoms with E-state index in [-0.39, 0.29) is 12.5 Å². The molecule has 0 bridgehead atoms. The molecule has 0 radical (unpaired) electrons. The normalized spacial score (nSPS) is 10.2. The molecule has 6 nitrogen and oxygen atoms in total. The van der Waals surface area contributed by atoms with E-state index in [9.17, 15) is 4.79 Å². The molecule has 6 heteroatoms. The summed E-state index contributed by atoms with van der Waals surface area (Å²) < 4.78 is 4.87. The Hall–Kier alpha value is -1.66. The van der Waals surface area contributed by atoms with Gasteiger partial charge in [-0.3, -0.25) is 4.79 Å². The highest BCUT2D eigenvalue weighted by atomic mass is 16.5. The van der Waals surface area contributed by atoms with Gasteiger partial charge in [0.05, 0.1) is 25.0 Å². The van der Waals surface area contributed by atoms with Crippen molar-refractivity contribution < 1.29 is 9.53 Å². The predicted octanol–water partition coefficient (Wildman–Crippen LogP) is 0.322.